The largest absolute Gasteiger partial charge is 0.494 e. The van der Waals surface area contributed by atoms with Gasteiger partial charge in [0.05, 0.1) is 6.61 Å². The van der Waals surface area contributed by atoms with Crippen LogP contribution in [0.25, 0.3) is 0 Å². The summed E-state index contributed by atoms with van der Waals surface area (Å²) in [6.07, 6.45) is 10.3. The van der Waals surface area contributed by atoms with Gasteiger partial charge in [-0.25, -0.2) is 0 Å². The standard InChI is InChI=1S/C30H35NO/c1-3-4-5-12-24-32-29-21-19-26(20-22-29)14-13-23-31-30(28-17-10-7-11-18-28)25(2)27-15-8-6-9-16-27/h1,6-11,15-22,25,30-31H,4-5,12-14,23-24H2,2H3/t25-,30+/m1/s1. The van der Waals surface area contributed by atoms with Crippen LogP contribution in [-0.2, 0) is 6.42 Å². The summed E-state index contributed by atoms with van der Waals surface area (Å²) in [6, 6.07) is 30.4. The normalized spacial score (nSPS) is 12.6. The topological polar surface area (TPSA) is 21.3 Å². The van der Waals surface area contributed by atoms with Gasteiger partial charge in [-0.15, -0.1) is 12.3 Å². The van der Waals surface area contributed by atoms with Crippen molar-refractivity contribution in [3.05, 3.63) is 102 Å². The fraction of sp³-hybridized carbons (Fsp3) is 0.333. The maximum absolute atomic E-state index is 5.80. The highest BCUT2D eigenvalue weighted by molar-refractivity contribution is 5.28. The van der Waals surface area contributed by atoms with Gasteiger partial charge in [0, 0.05) is 18.4 Å². The molecule has 0 spiro atoms. The second-order valence-corrected chi connectivity index (χ2v) is 8.30. The van der Waals surface area contributed by atoms with Gasteiger partial charge < -0.3 is 10.1 Å². The Balaban J connectivity index is 1.48. The predicted octanol–water partition coefficient (Wildman–Crippen LogP) is 6.94. The molecule has 3 aromatic carbocycles. The molecule has 0 aliphatic heterocycles. The molecule has 2 nitrogen and oxygen atoms in total. The molecule has 2 heteroatoms. The van der Waals surface area contributed by atoms with Crippen molar-refractivity contribution in [2.75, 3.05) is 13.2 Å². The van der Waals surface area contributed by atoms with E-state index in [-0.39, 0.29) is 0 Å². The minimum absolute atomic E-state index is 0.295. The number of benzene rings is 3. The van der Waals surface area contributed by atoms with E-state index in [1.807, 2.05) is 0 Å². The van der Waals surface area contributed by atoms with Gasteiger partial charge in [0.1, 0.15) is 5.75 Å². The lowest BCUT2D eigenvalue weighted by molar-refractivity contribution is 0.307. The minimum atomic E-state index is 0.295. The smallest absolute Gasteiger partial charge is 0.119 e. The van der Waals surface area contributed by atoms with Gasteiger partial charge in [-0.2, -0.15) is 0 Å². The quantitative estimate of drug-likeness (QED) is 0.237. The second-order valence-electron chi connectivity index (χ2n) is 8.30. The van der Waals surface area contributed by atoms with E-state index in [4.69, 9.17) is 11.2 Å². The van der Waals surface area contributed by atoms with E-state index in [1.54, 1.807) is 0 Å². The van der Waals surface area contributed by atoms with Gasteiger partial charge in [-0.1, -0.05) is 79.7 Å². The number of hydrogen-bond acceptors (Lipinski definition) is 2. The molecule has 0 aliphatic rings. The molecule has 0 radical (unpaired) electrons. The van der Waals surface area contributed by atoms with Crippen molar-refractivity contribution in [3.8, 4) is 18.1 Å². The second kappa shape index (κ2) is 13.4. The van der Waals surface area contributed by atoms with Crippen LogP contribution in [0.15, 0.2) is 84.9 Å². The van der Waals surface area contributed by atoms with Gasteiger partial charge in [0.25, 0.3) is 0 Å². The van der Waals surface area contributed by atoms with Crippen molar-refractivity contribution < 1.29 is 4.74 Å². The van der Waals surface area contributed by atoms with Crippen LogP contribution in [0.2, 0.25) is 0 Å². The maximum Gasteiger partial charge on any atom is 0.119 e. The highest BCUT2D eigenvalue weighted by Crippen LogP contribution is 2.30. The van der Waals surface area contributed by atoms with E-state index in [0.29, 0.717) is 12.0 Å². The molecule has 0 unspecified atom stereocenters. The van der Waals surface area contributed by atoms with Crippen molar-refractivity contribution in [2.24, 2.45) is 0 Å². The van der Waals surface area contributed by atoms with E-state index in [1.165, 1.54) is 16.7 Å². The summed E-state index contributed by atoms with van der Waals surface area (Å²) in [5.74, 6) is 4.01. The van der Waals surface area contributed by atoms with Gasteiger partial charge in [-0.3, -0.25) is 0 Å². The highest BCUT2D eigenvalue weighted by Gasteiger charge is 2.19. The fourth-order valence-corrected chi connectivity index (χ4v) is 4.01. The molecule has 0 bridgehead atoms. The van der Waals surface area contributed by atoms with Crippen molar-refractivity contribution in [1.29, 1.82) is 0 Å². The molecule has 0 aromatic heterocycles. The van der Waals surface area contributed by atoms with Gasteiger partial charge in [0.2, 0.25) is 0 Å². The van der Waals surface area contributed by atoms with Crippen molar-refractivity contribution in [3.63, 3.8) is 0 Å². The Morgan fingerprint density at radius 1 is 0.812 bits per heavy atom. The first-order valence-corrected chi connectivity index (χ1v) is 11.8. The van der Waals surface area contributed by atoms with E-state index in [9.17, 15) is 0 Å². The first kappa shape index (κ1) is 23.6. The lowest BCUT2D eigenvalue weighted by Gasteiger charge is -2.26. The van der Waals surface area contributed by atoms with E-state index >= 15 is 0 Å². The number of hydrogen-bond donors (Lipinski definition) is 1. The molecule has 2 atom stereocenters. The Kier molecular flexibility index (Phi) is 9.90. The molecule has 0 heterocycles. The van der Waals surface area contributed by atoms with Crippen molar-refractivity contribution in [1.82, 2.24) is 5.32 Å². The number of rotatable bonds is 13. The molecule has 0 fully saturated rings. The summed E-state index contributed by atoms with van der Waals surface area (Å²) in [6.45, 7) is 4.01. The zero-order chi connectivity index (χ0) is 22.4. The number of unbranched alkanes of at least 4 members (excludes halogenated alkanes) is 2. The average Bonchev–Trinajstić information content (AvgIpc) is 2.85. The summed E-state index contributed by atoms with van der Waals surface area (Å²) in [4.78, 5) is 0. The first-order valence-electron chi connectivity index (χ1n) is 11.8. The third-order valence-electron chi connectivity index (χ3n) is 5.90. The summed E-state index contributed by atoms with van der Waals surface area (Å²) in [5, 5.41) is 3.82. The molecule has 3 rings (SSSR count). The maximum atomic E-state index is 5.80. The van der Waals surface area contributed by atoms with Crippen molar-refractivity contribution in [2.45, 2.75) is 51.0 Å². The van der Waals surface area contributed by atoms with Gasteiger partial charge in [-0.05, 0) is 61.1 Å². The molecule has 0 saturated heterocycles. The van der Waals surface area contributed by atoms with E-state index in [0.717, 1.165) is 51.0 Å². The molecule has 1 N–H and O–H groups in total. The van der Waals surface area contributed by atoms with E-state index in [2.05, 4.69) is 103 Å². The highest BCUT2D eigenvalue weighted by atomic mass is 16.5. The van der Waals surface area contributed by atoms with Gasteiger partial charge in [0.15, 0.2) is 0 Å². The Hall–Kier alpha value is -3.02. The Morgan fingerprint density at radius 3 is 2.12 bits per heavy atom. The fourth-order valence-electron chi connectivity index (χ4n) is 4.01. The summed E-state index contributed by atoms with van der Waals surface area (Å²) >= 11 is 0. The van der Waals surface area contributed by atoms with Crippen LogP contribution in [0.1, 0.15) is 61.3 Å². The zero-order valence-electron chi connectivity index (χ0n) is 19.2. The summed E-state index contributed by atoms with van der Waals surface area (Å²) in [7, 11) is 0. The van der Waals surface area contributed by atoms with E-state index < -0.39 is 0 Å². The van der Waals surface area contributed by atoms with Crippen LogP contribution in [0.3, 0.4) is 0 Å². The number of nitrogens with one attached hydrogen (secondary N) is 1. The lowest BCUT2D eigenvalue weighted by atomic mass is 9.88. The molecule has 0 aliphatic carbocycles. The van der Waals surface area contributed by atoms with Gasteiger partial charge >= 0.3 is 0 Å². The van der Waals surface area contributed by atoms with Crippen LogP contribution in [0, 0.1) is 12.3 Å². The van der Waals surface area contributed by atoms with Crippen LogP contribution < -0.4 is 10.1 Å². The average molecular weight is 426 g/mol. The number of ether oxygens (including phenoxy) is 1. The molecule has 166 valence electrons. The molecule has 32 heavy (non-hydrogen) atoms. The molecule has 3 aromatic rings. The third-order valence-corrected chi connectivity index (χ3v) is 5.90. The zero-order valence-corrected chi connectivity index (χ0v) is 19.2. The monoisotopic (exact) mass is 425 g/mol. The predicted molar refractivity (Wildman–Crippen MR) is 135 cm³/mol. The van der Waals surface area contributed by atoms with Crippen LogP contribution in [0.4, 0.5) is 0 Å². The number of aryl methyl sites for hydroxylation is 1. The number of terminal acetylenes is 1. The Labute approximate surface area is 194 Å². The first-order chi connectivity index (χ1) is 15.8. The minimum Gasteiger partial charge on any atom is -0.494 e. The SMILES string of the molecule is C#CCCCCOc1ccc(CCCN[C@H](c2ccccc2)[C@H](C)c2ccccc2)cc1. The summed E-state index contributed by atoms with van der Waals surface area (Å²) < 4.78 is 5.80. The molecule has 0 amide bonds. The Bertz CT molecular complexity index is 928. The third kappa shape index (κ3) is 7.59. The lowest BCUT2D eigenvalue weighted by Crippen LogP contribution is -2.27. The van der Waals surface area contributed by atoms with Crippen LogP contribution >= 0.6 is 0 Å². The summed E-state index contributed by atoms with van der Waals surface area (Å²) in [5.41, 5.74) is 4.05. The Morgan fingerprint density at radius 2 is 1.47 bits per heavy atom. The van der Waals surface area contributed by atoms with Crippen LogP contribution in [-0.4, -0.2) is 13.2 Å². The molecular weight excluding hydrogens is 390 g/mol. The molecule has 0 saturated carbocycles. The molecular formula is C30H35NO. The van der Waals surface area contributed by atoms with Crippen LogP contribution in [0.5, 0.6) is 5.75 Å². The van der Waals surface area contributed by atoms with Crippen molar-refractivity contribution >= 4 is 0 Å².